The van der Waals surface area contributed by atoms with Crippen LogP contribution in [0, 0.1) is 5.92 Å². The number of rotatable bonds is 9. The van der Waals surface area contributed by atoms with E-state index in [4.69, 9.17) is 4.74 Å². The molecule has 108 valence electrons. The molecule has 0 amide bonds. The van der Waals surface area contributed by atoms with Gasteiger partial charge in [0.05, 0.1) is 6.10 Å². The van der Waals surface area contributed by atoms with Gasteiger partial charge in [0.1, 0.15) is 0 Å². The molecular weight excluding hydrogens is 222 g/mol. The zero-order chi connectivity index (χ0) is 13.2. The largest absolute Gasteiger partial charge is 0.378 e. The minimum atomic E-state index is 0.540. The van der Waals surface area contributed by atoms with Crippen molar-refractivity contribution < 1.29 is 4.74 Å². The number of hydrogen-bond acceptors (Lipinski definition) is 2. The fourth-order valence-corrected chi connectivity index (χ4v) is 2.97. The molecule has 0 radical (unpaired) electrons. The predicted octanol–water partition coefficient (Wildman–Crippen LogP) is 4.14. The molecule has 0 spiro atoms. The summed E-state index contributed by atoms with van der Waals surface area (Å²) in [7, 11) is 0. The molecule has 1 fully saturated rings. The van der Waals surface area contributed by atoms with Crippen LogP contribution in [0.15, 0.2) is 0 Å². The minimum absolute atomic E-state index is 0.540. The molecule has 1 saturated heterocycles. The van der Waals surface area contributed by atoms with Gasteiger partial charge in [-0.15, -0.1) is 0 Å². The smallest absolute Gasteiger partial charge is 0.0575 e. The summed E-state index contributed by atoms with van der Waals surface area (Å²) in [5, 5.41) is 3.74. The van der Waals surface area contributed by atoms with Crippen molar-refractivity contribution in [1.29, 1.82) is 0 Å². The van der Waals surface area contributed by atoms with Crippen LogP contribution in [-0.2, 0) is 4.74 Å². The third kappa shape index (κ3) is 6.19. The van der Waals surface area contributed by atoms with E-state index < -0.39 is 0 Å². The third-order valence-electron chi connectivity index (χ3n) is 4.16. The highest BCUT2D eigenvalue weighted by atomic mass is 16.5. The van der Waals surface area contributed by atoms with Crippen molar-refractivity contribution in [3.8, 4) is 0 Å². The number of nitrogens with one attached hydrogen (secondary N) is 1. The van der Waals surface area contributed by atoms with Crippen molar-refractivity contribution in [2.24, 2.45) is 5.92 Å². The topological polar surface area (TPSA) is 21.3 Å². The van der Waals surface area contributed by atoms with E-state index in [-0.39, 0.29) is 0 Å². The molecule has 0 aliphatic carbocycles. The lowest BCUT2D eigenvalue weighted by Gasteiger charge is -2.28. The van der Waals surface area contributed by atoms with Crippen molar-refractivity contribution in [2.45, 2.75) is 84.3 Å². The second-order valence-corrected chi connectivity index (χ2v) is 5.89. The Hall–Kier alpha value is -0.0800. The molecule has 1 aliphatic rings. The Labute approximate surface area is 114 Å². The first kappa shape index (κ1) is 16.0. The molecule has 3 unspecified atom stereocenters. The van der Waals surface area contributed by atoms with Crippen molar-refractivity contribution in [3.05, 3.63) is 0 Å². The van der Waals surface area contributed by atoms with Gasteiger partial charge < -0.3 is 10.1 Å². The molecule has 1 rings (SSSR count). The summed E-state index contributed by atoms with van der Waals surface area (Å²) in [5.74, 6) is 0.796. The van der Waals surface area contributed by atoms with Gasteiger partial charge in [-0.3, -0.25) is 0 Å². The van der Waals surface area contributed by atoms with E-state index in [9.17, 15) is 0 Å². The molecule has 0 bridgehead atoms. The molecule has 0 aromatic heterocycles. The Kier molecular flexibility index (Phi) is 8.70. The van der Waals surface area contributed by atoms with Gasteiger partial charge in [0, 0.05) is 12.6 Å². The van der Waals surface area contributed by atoms with E-state index in [1.165, 1.54) is 51.4 Å². The van der Waals surface area contributed by atoms with Gasteiger partial charge in [0.2, 0.25) is 0 Å². The average Bonchev–Trinajstić information content (AvgIpc) is 2.40. The maximum atomic E-state index is 5.84. The van der Waals surface area contributed by atoms with E-state index in [1.54, 1.807) is 0 Å². The highest BCUT2D eigenvalue weighted by Gasteiger charge is 2.19. The first-order valence-electron chi connectivity index (χ1n) is 8.12. The van der Waals surface area contributed by atoms with Gasteiger partial charge in [-0.25, -0.2) is 0 Å². The summed E-state index contributed by atoms with van der Waals surface area (Å²) >= 11 is 0. The summed E-state index contributed by atoms with van der Waals surface area (Å²) in [4.78, 5) is 0. The summed E-state index contributed by atoms with van der Waals surface area (Å²) in [6.45, 7) is 9.08. The number of hydrogen-bond donors (Lipinski definition) is 1. The lowest BCUT2D eigenvalue weighted by atomic mass is 9.91. The van der Waals surface area contributed by atoms with Crippen LogP contribution in [0.5, 0.6) is 0 Å². The zero-order valence-corrected chi connectivity index (χ0v) is 12.7. The first-order valence-corrected chi connectivity index (χ1v) is 8.12. The lowest BCUT2D eigenvalue weighted by Crippen LogP contribution is -2.36. The highest BCUT2D eigenvalue weighted by Crippen LogP contribution is 2.21. The summed E-state index contributed by atoms with van der Waals surface area (Å²) in [5.41, 5.74) is 0. The fraction of sp³-hybridized carbons (Fsp3) is 1.00. The van der Waals surface area contributed by atoms with Crippen LogP contribution in [0.1, 0.15) is 72.1 Å². The van der Waals surface area contributed by atoms with Crippen LogP contribution >= 0.6 is 0 Å². The Morgan fingerprint density at radius 1 is 1.17 bits per heavy atom. The maximum absolute atomic E-state index is 5.84. The van der Waals surface area contributed by atoms with E-state index >= 15 is 0 Å². The Balaban J connectivity index is 2.29. The van der Waals surface area contributed by atoms with Crippen LogP contribution < -0.4 is 5.32 Å². The second kappa shape index (κ2) is 9.80. The third-order valence-corrected chi connectivity index (χ3v) is 4.16. The van der Waals surface area contributed by atoms with Crippen molar-refractivity contribution >= 4 is 0 Å². The second-order valence-electron chi connectivity index (χ2n) is 5.89. The van der Waals surface area contributed by atoms with Gasteiger partial charge in [-0.2, -0.15) is 0 Å². The minimum Gasteiger partial charge on any atom is -0.378 e. The molecule has 2 heteroatoms. The van der Waals surface area contributed by atoms with E-state index in [0.717, 1.165) is 19.1 Å². The molecule has 1 heterocycles. The zero-order valence-electron chi connectivity index (χ0n) is 12.7. The van der Waals surface area contributed by atoms with Crippen LogP contribution in [0.3, 0.4) is 0 Å². The van der Waals surface area contributed by atoms with Crippen molar-refractivity contribution in [1.82, 2.24) is 5.32 Å². The Bertz CT molecular complexity index is 190. The van der Waals surface area contributed by atoms with Gasteiger partial charge in [-0.05, 0) is 57.4 Å². The summed E-state index contributed by atoms with van der Waals surface area (Å²) in [6, 6.07) is 0.690. The van der Waals surface area contributed by atoms with Gasteiger partial charge in [-0.1, -0.05) is 27.2 Å². The molecule has 0 aromatic rings. The molecule has 18 heavy (non-hydrogen) atoms. The Morgan fingerprint density at radius 2 is 2.00 bits per heavy atom. The van der Waals surface area contributed by atoms with Crippen molar-refractivity contribution in [2.75, 3.05) is 13.2 Å². The number of ether oxygens (including phenoxy) is 1. The first-order chi connectivity index (χ1) is 8.77. The SMILES string of the molecule is CCCNC(CCC1CCCCO1)C(C)CCC. The molecular formula is C16H33NO. The standard InChI is InChI=1S/C16H33NO/c1-4-8-14(3)16(17-12-5-2)11-10-15-9-6-7-13-18-15/h14-17H,4-13H2,1-3H3. The van der Waals surface area contributed by atoms with Gasteiger partial charge in [0.15, 0.2) is 0 Å². The molecule has 1 N–H and O–H groups in total. The van der Waals surface area contributed by atoms with Gasteiger partial charge >= 0.3 is 0 Å². The summed E-state index contributed by atoms with van der Waals surface area (Å²) in [6.07, 6.45) is 10.8. The monoisotopic (exact) mass is 255 g/mol. The normalized spacial score (nSPS) is 23.8. The van der Waals surface area contributed by atoms with Crippen molar-refractivity contribution in [3.63, 3.8) is 0 Å². The fourth-order valence-electron chi connectivity index (χ4n) is 2.97. The predicted molar refractivity (Wildman–Crippen MR) is 79.0 cm³/mol. The lowest BCUT2D eigenvalue weighted by molar-refractivity contribution is 0.00755. The van der Waals surface area contributed by atoms with Crippen LogP contribution in [0.2, 0.25) is 0 Å². The Morgan fingerprint density at radius 3 is 2.61 bits per heavy atom. The molecule has 3 atom stereocenters. The van der Waals surface area contributed by atoms with Crippen LogP contribution in [0.4, 0.5) is 0 Å². The molecule has 1 aliphatic heterocycles. The maximum Gasteiger partial charge on any atom is 0.0575 e. The van der Waals surface area contributed by atoms with E-state index in [1.807, 2.05) is 0 Å². The molecule has 0 saturated carbocycles. The van der Waals surface area contributed by atoms with E-state index in [0.29, 0.717) is 12.1 Å². The van der Waals surface area contributed by atoms with Gasteiger partial charge in [0.25, 0.3) is 0 Å². The summed E-state index contributed by atoms with van der Waals surface area (Å²) < 4.78 is 5.84. The van der Waals surface area contributed by atoms with E-state index in [2.05, 4.69) is 26.1 Å². The molecule has 0 aromatic carbocycles. The van der Waals surface area contributed by atoms with Crippen LogP contribution in [-0.4, -0.2) is 25.3 Å². The average molecular weight is 255 g/mol. The molecule has 2 nitrogen and oxygen atoms in total. The van der Waals surface area contributed by atoms with Crippen LogP contribution in [0.25, 0.3) is 0 Å². The highest BCUT2D eigenvalue weighted by molar-refractivity contribution is 4.76. The quantitative estimate of drug-likeness (QED) is 0.668.